The van der Waals surface area contributed by atoms with E-state index < -0.39 is 36.9 Å². The number of sulfone groups is 1. The first-order valence-electron chi connectivity index (χ1n) is 5.45. The summed E-state index contributed by atoms with van der Waals surface area (Å²) < 4.78 is 29.0. The SMILES string of the molecule is O=C(CS(=O)(=O)c1ccccc1[N+](=O)[O-])c1ccco1. The van der Waals surface area contributed by atoms with E-state index in [1.165, 1.54) is 30.5 Å². The molecule has 1 heterocycles. The lowest BCUT2D eigenvalue weighted by Crippen LogP contribution is -2.17. The van der Waals surface area contributed by atoms with Gasteiger partial charge in [-0.15, -0.1) is 0 Å². The van der Waals surface area contributed by atoms with Crippen LogP contribution in [0.4, 0.5) is 5.69 Å². The number of Topliss-reactive ketones (excluding diaryl/α,β-unsaturated/α-hetero) is 1. The summed E-state index contributed by atoms with van der Waals surface area (Å²) in [6.45, 7) is 0. The van der Waals surface area contributed by atoms with Gasteiger partial charge in [0.15, 0.2) is 15.6 Å². The van der Waals surface area contributed by atoms with Crippen LogP contribution in [0.5, 0.6) is 0 Å². The van der Waals surface area contributed by atoms with Crippen LogP contribution in [-0.4, -0.2) is 24.9 Å². The molecule has 104 valence electrons. The fraction of sp³-hybridized carbons (Fsp3) is 0.0833. The van der Waals surface area contributed by atoms with Gasteiger partial charge in [-0.1, -0.05) is 12.1 Å². The second kappa shape index (κ2) is 5.25. The second-order valence-corrected chi connectivity index (χ2v) is 5.84. The molecule has 0 atom stereocenters. The van der Waals surface area contributed by atoms with Crippen molar-refractivity contribution in [3.8, 4) is 0 Å². The molecule has 0 aliphatic carbocycles. The van der Waals surface area contributed by atoms with Gasteiger partial charge in [0.2, 0.25) is 5.78 Å². The lowest BCUT2D eigenvalue weighted by molar-refractivity contribution is -0.387. The van der Waals surface area contributed by atoms with E-state index in [0.29, 0.717) is 0 Å². The average Bonchev–Trinajstić information content (AvgIpc) is 2.92. The van der Waals surface area contributed by atoms with E-state index in [4.69, 9.17) is 4.42 Å². The van der Waals surface area contributed by atoms with Crippen molar-refractivity contribution in [1.82, 2.24) is 0 Å². The van der Waals surface area contributed by atoms with Gasteiger partial charge < -0.3 is 4.42 Å². The Morgan fingerprint density at radius 3 is 2.50 bits per heavy atom. The van der Waals surface area contributed by atoms with Crippen LogP contribution < -0.4 is 0 Å². The molecule has 1 aromatic carbocycles. The fourth-order valence-electron chi connectivity index (χ4n) is 1.63. The van der Waals surface area contributed by atoms with Crippen LogP contribution in [0.25, 0.3) is 0 Å². The Kier molecular flexibility index (Phi) is 3.66. The molecule has 2 aromatic rings. The maximum absolute atomic E-state index is 12.1. The van der Waals surface area contributed by atoms with Crippen molar-refractivity contribution < 1.29 is 22.6 Å². The summed E-state index contributed by atoms with van der Waals surface area (Å²) >= 11 is 0. The molecule has 2 rings (SSSR count). The molecule has 0 spiro atoms. The van der Waals surface area contributed by atoms with Crippen molar-refractivity contribution in [2.75, 3.05) is 5.75 Å². The van der Waals surface area contributed by atoms with Gasteiger partial charge in [-0.3, -0.25) is 14.9 Å². The van der Waals surface area contributed by atoms with E-state index >= 15 is 0 Å². The fourth-order valence-corrected chi connectivity index (χ4v) is 3.02. The van der Waals surface area contributed by atoms with E-state index in [0.717, 1.165) is 12.1 Å². The third kappa shape index (κ3) is 2.75. The molecular formula is C12H9NO6S. The van der Waals surface area contributed by atoms with Crippen LogP contribution in [0.15, 0.2) is 52.0 Å². The maximum Gasteiger partial charge on any atom is 0.287 e. The van der Waals surface area contributed by atoms with Crippen molar-refractivity contribution in [3.63, 3.8) is 0 Å². The highest BCUT2D eigenvalue weighted by Crippen LogP contribution is 2.24. The highest BCUT2D eigenvalue weighted by Gasteiger charge is 2.28. The van der Waals surface area contributed by atoms with Gasteiger partial charge in [-0.25, -0.2) is 8.42 Å². The number of ketones is 1. The molecule has 0 saturated carbocycles. The van der Waals surface area contributed by atoms with Crippen LogP contribution in [0, 0.1) is 10.1 Å². The Morgan fingerprint density at radius 2 is 1.90 bits per heavy atom. The van der Waals surface area contributed by atoms with Crippen molar-refractivity contribution >= 4 is 21.3 Å². The largest absolute Gasteiger partial charge is 0.461 e. The summed E-state index contributed by atoms with van der Waals surface area (Å²) in [5.41, 5.74) is -0.556. The second-order valence-electron chi connectivity index (χ2n) is 3.88. The average molecular weight is 295 g/mol. The van der Waals surface area contributed by atoms with Crippen LogP contribution in [0.1, 0.15) is 10.6 Å². The first-order chi connectivity index (χ1) is 9.42. The predicted octanol–water partition coefficient (Wildman–Crippen LogP) is 1.84. The molecular weight excluding hydrogens is 286 g/mol. The van der Waals surface area contributed by atoms with E-state index in [1.807, 2.05) is 0 Å². The van der Waals surface area contributed by atoms with E-state index in [2.05, 4.69) is 0 Å². The van der Waals surface area contributed by atoms with Gasteiger partial charge in [0, 0.05) is 6.07 Å². The van der Waals surface area contributed by atoms with Crippen molar-refractivity contribution in [3.05, 3.63) is 58.5 Å². The van der Waals surface area contributed by atoms with Crippen LogP contribution >= 0.6 is 0 Å². The minimum Gasteiger partial charge on any atom is -0.461 e. The van der Waals surface area contributed by atoms with Crippen molar-refractivity contribution in [2.45, 2.75) is 4.90 Å². The zero-order valence-electron chi connectivity index (χ0n) is 10.1. The van der Waals surface area contributed by atoms with E-state index in [-0.39, 0.29) is 5.76 Å². The van der Waals surface area contributed by atoms with Gasteiger partial charge in [0.05, 0.1) is 11.2 Å². The number of nitro benzene ring substituents is 1. The molecule has 0 aliphatic heterocycles. The molecule has 7 nitrogen and oxygen atoms in total. The lowest BCUT2D eigenvalue weighted by atomic mass is 10.3. The molecule has 0 aliphatic rings. The number of hydrogen-bond acceptors (Lipinski definition) is 6. The Labute approximate surface area is 113 Å². The maximum atomic E-state index is 12.1. The Morgan fingerprint density at radius 1 is 1.20 bits per heavy atom. The third-order valence-electron chi connectivity index (χ3n) is 2.51. The number of para-hydroxylation sites is 1. The summed E-state index contributed by atoms with van der Waals surface area (Å²) in [5.74, 6) is -1.74. The summed E-state index contributed by atoms with van der Waals surface area (Å²) in [7, 11) is -4.11. The number of furan rings is 1. The first kappa shape index (κ1) is 13.9. The molecule has 1 aromatic heterocycles. The number of nitrogens with zero attached hydrogens (tertiary/aromatic N) is 1. The zero-order valence-corrected chi connectivity index (χ0v) is 10.9. The van der Waals surface area contributed by atoms with Gasteiger partial charge in [-0.2, -0.15) is 0 Å². The van der Waals surface area contributed by atoms with Crippen LogP contribution in [0.3, 0.4) is 0 Å². The number of carbonyl (C=O) groups is 1. The van der Waals surface area contributed by atoms with E-state index in [1.54, 1.807) is 0 Å². The smallest absolute Gasteiger partial charge is 0.287 e. The van der Waals surface area contributed by atoms with Crippen LogP contribution in [0.2, 0.25) is 0 Å². The zero-order chi connectivity index (χ0) is 14.8. The topological polar surface area (TPSA) is 107 Å². The number of carbonyl (C=O) groups excluding carboxylic acids is 1. The normalized spacial score (nSPS) is 11.2. The Bertz CT molecular complexity index is 748. The minimum absolute atomic E-state index is 0.104. The molecule has 0 radical (unpaired) electrons. The highest BCUT2D eigenvalue weighted by molar-refractivity contribution is 7.92. The molecule has 0 N–H and O–H groups in total. The van der Waals surface area contributed by atoms with Gasteiger partial charge in [0.1, 0.15) is 10.6 Å². The monoisotopic (exact) mass is 295 g/mol. The lowest BCUT2D eigenvalue weighted by Gasteiger charge is -2.03. The predicted molar refractivity (Wildman–Crippen MR) is 68.2 cm³/mol. The Balaban J connectivity index is 2.37. The highest BCUT2D eigenvalue weighted by atomic mass is 32.2. The number of nitro groups is 1. The first-order valence-corrected chi connectivity index (χ1v) is 7.10. The standard InChI is InChI=1S/C12H9NO6S/c14-10(11-5-3-7-19-11)8-20(17,18)12-6-2-1-4-9(12)13(15)16/h1-7H,8H2. The Hall–Kier alpha value is -2.48. The van der Waals surface area contributed by atoms with Crippen molar-refractivity contribution in [1.29, 1.82) is 0 Å². The summed E-state index contributed by atoms with van der Waals surface area (Å²) in [4.78, 5) is 21.3. The van der Waals surface area contributed by atoms with Gasteiger partial charge in [-0.05, 0) is 18.2 Å². The van der Waals surface area contributed by atoms with Gasteiger partial charge in [0.25, 0.3) is 5.69 Å². The third-order valence-corrected chi connectivity index (χ3v) is 4.17. The number of benzene rings is 1. The quantitative estimate of drug-likeness (QED) is 0.473. The molecule has 0 saturated heterocycles. The molecule has 0 amide bonds. The minimum atomic E-state index is -4.11. The summed E-state index contributed by atoms with van der Waals surface area (Å²) in [5, 5.41) is 10.8. The molecule has 0 fully saturated rings. The van der Waals surface area contributed by atoms with Gasteiger partial charge >= 0.3 is 0 Å². The number of rotatable bonds is 5. The molecule has 0 bridgehead atoms. The summed E-state index contributed by atoms with van der Waals surface area (Å²) in [6, 6.07) is 7.66. The van der Waals surface area contributed by atoms with E-state index in [9.17, 15) is 23.3 Å². The molecule has 20 heavy (non-hydrogen) atoms. The molecule has 8 heteroatoms. The summed E-state index contributed by atoms with van der Waals surface area (Å²) in [6.07, 6.45) is 1.24. The van der Waals surface area contributed by atoms with Crippen LogP contribution in [-0.2, 0) is 9.84 Å². The number of hydrogen-bond donors (Lipinski definition) is 0. The van der Waals surface area contributed by atoms with Crippen molar-refractivity contribution in [2.24, 2.45) is 0 Å². The molecule has 0 unspecified atom stereocenters.